The summed E-state index contributed by atoms with van der Waals surface area (Å²) in [4.78, 5) is 23.5. The molecule has 1 fully saturated rings. The van der Waals surface area contributed by atoms with Crippen LogP contribution in [-0.4, -0.2) is 40.5 Å². The van der Waals surface area contributed by atoms with Gasteiger partial charge in [-0.1, -0.05) is 6.92 Å². The van der Waals surface area contributed by atoms with Crippen molar-refractivity contribution >= 4 is 11.8 Å². The van der Waals surface area contributed by atoms with Gasteiger partial charge in [-0.25, -0.2) is 0 Å². The zero-order valence-corrected chi connectivity index (χ0v) is 7.56. The maximum Gasteiger partial charge on any atom is 0.240 e. The molecule has 3 N–H and O–H groups in total. The molecule has 0 aromatic rings. The fourth-order valence-corrected chi connectivity index (χ4v) is 1.56. The summed E-state index contributed by atoms with van der Waals surface area (Å²) >= 11 is 0. The van der Waals surface area contributed by atoms with Gasteiger partial charge in [-0.15, -0.1) is 0 Å². The average Bonchev–Trinajstić information content (AvgIpc) is 2.46. The summed E-state index contributed by atoms with van der Waals surface area (Å²) in [6.07, 6.45) is -0.0228. The highest BCUT2D eigenvalue weighted by atomic mass is 16.3. The Balaban J connectivity index is 2.71. The van der Waals surface area contributed by atoms with Crippen molar-refractivity contribution in [1.82, 2.24) is 4.90 Å². The molecule has 0 aromatic heterocycles. The molecule has 2 unspecified atom stereocenters. The molecule has 2 amide bonds. The monoisotopic (exact) mass is 186 g/mol. The molecule has 1 rings (SSSR count). The van der Waals surface area contributed by atoms with Crippen LogP contribution >= 0.6 is 0 Å². The molecule has 5 nitrogen and oxygen atoms in total. The lowest BCUT2D eigenvalue weighted by molar-refractivity contribution is -0.137. The van der Waals surface area contributed by atoms with E-state index in [1.54, 1.807) is 6.92 Å². The van der Waals surface area contributed by atoms with Crippen molar-refractivity contribution in [3.8, 4) is 0 Å². The lowest BCUT2D eigenvalue weighted by Gasteiger charge is -2.20. The van der Waals surface area contributed by atoms with E-state index in [0.717, 1.165) is 0 Å². The highest BCUT2D eigenvalue weighted by Crippen LogP contribution is 2.18. The number of carbonyl (C=O) groups excluding carboxylic acids is 2. The number of likely N-dealkylation sites (tertiary alicyclic amines) is 1. The first-order chi connectivity index (χ1) is 6.06. The van der Waals surface area contributed by atoms with Gasteiger partial charge in [0.15, 0.2) is 0 Å². The van der Waals surface area contributed by atoms with Crippen molar-refractivity contribution in [3.05, 3.63) is 0 Å². The number of aliphatic hydroxyl groups is 1. The van der Waals surface area contributed by atoms with Gasteiger partial charge in [0.05, 0.1) is 6.10 Å². The summed E-state index contributed by atoms with van der Waals surface area (Å²) < 4.78 is 0. The van der Waals surface area contributed by atoms with E-state index in [2.05, 4.69) is 0 Å². The zero-order chi connectivity index (χ0) is 10.0. The van der Waals surface area contributed by atoms with Gasteiger partial charge in [-0.2, -0.15) is 0 Å². The fourth-order valence-electron chi connectivity index (χ4n) is 1.56. The molecular formula is C8H14N2O3. The molecule has 0 aromatic carbocycles. The Morgan fingerprint density at radius 2 is 2.23 bits per heavy atom. The molecule has 0 spiro atoms. The number of β-amino-alcohol motifs (C(OH)–C–C–N with tert-alkyl or cyclic N) is 1. The Hall–Kier alpha value is -1.10. The highest BCUT2D eigenvalue weighted by molar-refractivity contribution is 5.87. The van der Waals surface area contributed by atoms with E-state index in [1.165, 1.54) is 4.90 Å². The van der Waals surface area contributed by atoms with E-state index < -0.39 is 18.1 Å². The summed E-state index contributed by atoms with van der Waals surface area (Å²) in [5.74, 6) is -0.682. The smallest absolute Gasteiger partial charge is 0.240 e. The molecule has 5 heteroatoms. The summed E-state index contributed by atoms with van der Waals surface area (Å²) in [6.45, 7) is 1.94. The third kappa shape index (κ3) is 1.98. The van der Waals surface area contributed by atoms with Gasteiger partial charge < -0.3 is 15.7 Å². The van der Waals surface area contributed by atoms with Crippen LogP contribution in [-0.2, 0) is 9.59 Å². The van der Waals surface area contributed by atoms with Crippen molar-refractivity contribution in [3.63, 3.8) is 0 Å². The van der Waals surface area contributed by atoms with Crippen molar-refractivity contribution in [2.24, 2.45) is 5.73 Å². The summed E-state index contributed by atoms with van der Waals surface area (Å²) in [5.41, 5.74) is 5.10. The van der Waals surface area contributed by atoms with Gasteiger partial charge in [0.1, 0.15) is 6.04 Å². The van der Waals surface area contributed by atoms with Crippen LogP contribution in [0, 0.1) is 0 Å². The van der Waals surface area contributed by atoms with E-state index in [9.17, 15) is 14.7 Å². The molecule has 0 bridgehead atoms. The highest BCUT2D eigenvalue weighted by Gasteiger charge is 2.36. The number of rotatable bonds is 2. The van der Waals surface area contributed by atoms with Crippen molar-refractivity contribution in [1.29, 1.82) is 0 Å². The van der Waals surface area contributed by atoms with Gasteiger partial charge >= 0.3 is 0 Å². The Bertz CT molecular complexity index is 229. The number of aliphatic hydroxyl groups excluding tert-OH is 1. The first kappa shape index (κ1) is 9.98. The molecule has 0 radical (unpaired) electrons. The topological polar surface area (TPSA) is 83.6 Å². The van der Waals surface area contributed by atoms with Crippen LogP contribution in [0.1, 0.15) is 19.8 Å². The SMILES string of the molecule is CCC(=O)N1CC(O)CC1C(N)=O. The van der Waals surface area contributed by atoms with Gasteiger partial charge in [0, 0.05) is 19.4 Å². The second-order valence-corrected chi connectivity index (χ2v) is 3.21. The summed E-state index contributed by atoms with van der Waals surface area (Å²) in [7, 11) is 0. The Morgan fingerprint density at radius 3 is 2.69 bits per heavy atom. The third-order valence-electron chi connectivity index (χ3n) is 2.23. The first-order valence-electron chi connectivity index (χ1n) is 4.33. The lowest BCUT2D eigenvalue weighted by Crippen LogP contribution is -2.43. The molecule has 0 aliphatic carbocycles. The minimum absolute atomic E-state index is 0.139. The van der Waals surface area contributed by atoms with E-state index in [0.29, 0.717) is 6.42 Å². The summed E-state index contributed by atoms with van der Waals surface area (Å²) in [5, 5.41) is 9.26. The molecule has 1 heterocycles. The number of hydrogen-bond donors (Lipinski definition) is 2. The number of primary amides is 1. The molecule has 1 aliphatic rings. The molecule has 74 valence electrons. The predicted molar refractivity (Wildman–Crippen MR) is 45.6 cm³/mol. The van der Waals surface area contributed by atoms with Crippen molar-refractivity contribution in [2.75, 3.05) is 6.54 Å². The molecule has 1 aliphatic heterocycles. The molecule has 13 heavy (non-hydrogen) atoms. The minimum atomic E-state index is -0.623. The standard InChI is InChI=1S/C8H14N2O3/c1-2-7(12)10-4-5(11)3-6(10)8(9)13/h5-6,11H,2-4H2,1H3,(H2,9,13). The molecule has 2 atom stereocenters. The van der Waals surface area contributed by atoms with Gasteiger partial charge in [0.25, 0.3) is 0 Å². The number of amides is 2. The molecule has 0 saturated carbocycles. The van der Waals surface area contributed by atoms with Crippen LogP contribution < -0.4 is 5.73 Å². The van der Waals surface area contributed by atoms with Crippen LogP contribution in [0.5, 0.6) is 0 Å². The van der Waals surface area contributed by atoms with Crippen LogP contribution in [0.25, 0.3) is 0 Å². The summed E-state index contributed by atoms with van der Waals surface area (Å²) in [6, 6.07) is -0.623. The maximum atomic E-state index is 11.3. The second-order valence-electron chi connectivity index (χ2n) is 3.21. The van der Waals surface area contributed by atoms with Crippen molar-refractivity contribution in [2.45, 2.75) is 31.9 Å². The van der Waals surface area contributed by atoms with E-state index in [-0.39, 0.29) is 18.9 Å². The van der Waals surface area contributed by atoms with E-state index in [1.807, 2.05) is 0 Å². The predicted octanol–water partition coefficient (Wildman–Crippen LogP) is -1.16. The Kier molecular flexibility index (Phi) is 2.87. The van der Waals surface area contributed by atoms with Crippen LogP contribution in [0.2, 0.25) is 0 Å². The first-order valence-corrected chi connectivity index (χ1v) is 4.33. The molecular weight excluding hydrogens is 172 g/mol. The van der Waals surface area contributed by atoms with E-state index in [4.69, 9.17) is 5.73 Å². The van der Waals surface area contributed by atoms with Gasteiger partial charge in [-0.05, 0) is 0 Å². The number of nitrogens with zero attached hydrogens (tertiary/aromatic N) is 1. The number of nitrogens with two attached hydrogens (primary N) is 1. The second kappa shape index (κ2) is 3.74. The average molecular weight is 186 g/mol. The lowest BCUT2D eigenvalue weighted by atomic mass is 10.2. The normalized spacial score (nSPS) is 27.7. The molecule has 1 saturated heterocycles. The van der Waals surface area contributed by atoms with Gasteiger partial charge in [0.2, 0.25) is 11.8 Å². The zero-order valence-electron chi connectivity index (χ0n) is 7.56. The van der Waals surface area contributed by atoms with Crippen LogP contribution in [0.3, 0.4) is 0 Å². The Labute approximate surface area is 76.5 Å². The minimum Gasteiger partial charge on any atom is -0.391 e. The maximum absolute atomic E-state index is 11.3. The fraction of sp³-hybridized carbons (Fsp3) is 0.750. The quantitative estimate of drug-likeness (QED) is 0.570. The van der Waals surface area contributed by atoms with E-state index >= 15 is 0 Å². The number of carbonyl (C=O) groups is 2. The van der Waals surface area contributed by atoms with Gasteiger partial charge in [-0.3, -0.25) is 9.59 Å². The van der Waals surface area contributed by atoms with Crippen LogP contribution in [0.15, 0.2) is 0 Å². The Morgan fingerprint density at radius 1 is 1.62 bits per heavy atom. The number of hydrogen-bond acceptors (Lipinski definition) is 3. The largest absolute Gasteiger partial charge is 0.391 e. The van der Waals surface area contributed by atoms with Crippen molar-refractivity contribution < 1.29 is 14.7 Å². The van der Waals surface area contributed by atoms with Crippen LogP contribution in [0.4, 0.5) is 0 Å². The third-order valence-corrected chi connectivity index (χ3v) is 2.23.